The van der Waals surface area contributed by atoms with Gasteiger partial charge in [-0.15, -0.1) is 0 Å². The first kappa shape index (κ1) is 22.7. The lowest BCUT2D eigenvalue weighted by Crippen LogP contribution is -2.42. The van der Waals surface area contributed by atoms with Gasteiger partial charge in [-0.3, -0.25) is 14.6 Å². The smallest absolute Gasteiger partial charge is 0.307 e. The van der Waals surface area contributed by atoms with Gasteiger partial charge in [-0.25, -0.2) is 0 Å². The molecule has 1 heterocycles. The van der Waals surface area contributed by atoms with E-state index in [0.717, 1.165) is 40.9 Å². The molecule has 1 unspecified atom stereocenters. The summed E-state index contributed by atoms with van der Waals surface area (Å²) in [6.45, 7) is 8.64. The minimum absolute atomic E-state index is 0.0472. The Bertz CT molecular complexity index is 948. The monoisotopic (exact) mass is 420 g/mol. The highest BCUT2D eigenvalue weighted by Gasteiger charge is 2.35. The lowest BCUT2D eigenvalue weighted by atomic mass is 9.93. The van der Waals surface area contributed by atoms with E-state index in [0.29, 0.717) is 6.61 Å². The first-order valence-electron chi connectivity index (χ1n) is 11.2. The number of fused-ring (bicyclic) bond motifs is 1. The first-order valence-corrected chi connectivity index (χ1v) is 11.2. The van der Waals surface area contributed by atoms with Gasteiger partial charge in [0, 0.05) is 17.7 Å². The van der Waals surface area contributed by atoms with Crippen LogP contribution >= 0.6 is 0 Å². The highest BCUT2D eigenvalue weighted by atomic mass is 16.5. The molecule has 2 aromatic carbocycles. The average Bonchev–Trinajstić information content (AvgIpc) is 2.89. The van der Waals surface area contributed by atoms with Crippen molar-refractivity contribution in [2.75, 3.05) is 18.1 Å². The molecule has 3 rings (SSSR count). The Morgan fingerprint density at radius 2 is 1.81 bits per heavy atom. The van der Waals surface area contributed by atoms with Crippen LogP contribution in [0.3, 0.4) is 0 Å². The number of carbonyl (C=O) groups is 2. The molecule has 0 bridgehead atoms. The summed E-state index contributed by atoms with van der Waals surface area (Å²) >= 11 is 0. The second-order valence-electron chi connectivity index (χ2n) is 7.93. The van der Waals surface area contributed by atoms with Crippen LogP contribution in [0.2, 0.25) is 0 Å². The zero-order chi connectivity index (χ0) is 22.4. The molecule has 5 nitrogen and oxygen atoms in total. The van der Waals surface area contributed by atoms with Gasteiger partial charge in [0.15, 0.2) is 0 Å². The van der Waals surface area contributed by atoms with Gasteiger partial charge in [-0.1, -0.05) is 68.7 Å². The Labute approximate surface area is 185 Å². The molecule has 2 aromatic rings. The summed E-state index contributed by atoms with van der Waals surface area (Å²) in [6.07, 6.45) is 1.88. The van der Waals surface area contributed by atoms with E-state index in [1.54, 1.807) is 11.8 Å². The third-order valence-electron chi connectivity index (χ3n) is 5.87. The summed E-state index contributed by atoms with van der Waals surface area (Å²) in [5.41, 5.74) is 4.66. The van der Waals surface area contributed by atoms with Crippen LogP contribution in [0.1, 0.15) is 56.7 Å². The second-order valence-corrected chi connectivity index (χ2v) is 7.93. The van der Waals surface area contributed by atoms with Crippen LogP contribution in [-0.2, 0) is 14.3 Å². The minimum atomic E-state index is -0.486. The molecule has 0 saturated carbocycles. The van der Waals surface area contributed by atoms with E-state index >= 15 is 0 Å². The van der Waals surface area contributed by atoms with Gasteiger partial charge >= 0.3 is 5.97 Å². The predicted molar refractivity (Wildman–Crippen MR) is 125 cm³/mol. The van der Waals surface area contributed by atoms with Gasteiger partial charge in [-0.05, 0) is 31.9 Å². The van der Waals surface area contributed by atoms with Crippen LogP contribution in [0.25, 0.3) is 0 Å². The number of aryl methyl sites for hydroxylation is 1. The molecular weight excluding hydrogens is 388 g/mol. The number of ether oxygens (including phenoxy) is 1. The largest absolute Gasteiger partial charge is 0.466 e. The molecular formula is C26H32N2O3. The van der Waals surface area contributed by atoms with Crippen LogP contribution in [-0.4, -0.2) is 36.8 Å². The summed E-state index contributed by atoms with van der Waals surface area (Å²) in [5, 5.41) is 0. The molecule has 1 amide bonds. The highest BCUT2D eigenvalue weighted by Crippen LogP contribution is 2.32. The van der Waals surface area contributed by atoms with E-state index in [9.17, 15) is 9.59 Å². The Balaban J connectivity index is 2.15. The van der Waals surface area contributed by atoms with E-state index in [1.165, 1.54) is 0 Å². The summed E-state index contributed by atoms with van der Waals surface area (Å²) < 4.78 is 5.11. The zero-order valence-electron chi connectivity index (χ0n) is 18.9. The molecule has 0 aromatic heterocycles. The van der Waals surface area contributed by atoms with Crippen molar-refractivity contribution < 1.29 is 14.3 Å². The maximum atomic E-state index is 13.8. The normalized spacial score (nSPS) is 16.0. The lowest BCUT2D eigenvalue weighted by molar-refractivity contribution is -0.142. The van der Waals surface area contributed by atoms with Crippen LogP contribution < -0.4 is 4.90 Å². The Morgan fingerprint density at radius 3 is 2.45 bits per heavy atom. The summed E-state index contributed by atoms with van der Waals surface area (Å²) in [4.78, 5) is 32.7. The number of hydrogen-bond donors (Lipinski definition) is 0. The molecule has 0 fully saturated rings. The van der Waals surface area contributed by atoms with Crippen LogP contribution in [0, 0.1) is 12.8 Å². The van der Waals surface area contributed by atoms with Crippen molar-refractivity contribution in [1.82, 2.24) is 0 Å². The molecule has 0 spiro atoms. The minimum Gasteiger partial charge on any atom is -0.466 e. The average molecular weight is 421 g/mol. The Hall–Kier alpha value is -2.95. The van der Waals surface area contributed by atoms with Crippen molar-refractivity contribution in [3.05, 3.63) is 65.2 Å². The number of amides is 1. The van der Waals surface area contributed by atoms with Crippen molar-refractivity contribution in [2.45, 2.75) is 53.0 Å². The third kappa shape index (κ3) is 5.04. The maximum absolute atomic E-state index is 13.8. The van der Waals surface area contributed by atoms with Crippen molar-refractivity contribution >= 4 is 23.3 Å². The Morgan fingerprint density at radius 1 is 1.10 bits per heavy atom. The summed E-state index contributed by atoms with van der Waals surface area (Å²) in [7, 11) is 0. The molecule has 31 heavy (non-hydrogen) atoms. The molecule has 164 valence electrons. The molecule has 1 atom stereocenters. The highest BCUT2D eigenvalue weighted by molar-refractivity contribution is 6.20. The Kier molecular flexibility index (Phi) is 7.61. The van der Waals surface area contributed by atoms with Gasteiger partial charge in [-0.2, -0.15) is 0 Å². The van der Waals surface area contributed by atoms with Crippen LogP contribution in [0.15, 0.2) is 53.5 Å². The van der Waals surface area contributed by atoms with Crippen molar-refractivity contribution in [2.24, 2.45) is 10.9 Å². The van der Waals surface area contributed by atoms with Crippen LogP contribution in [0.5, 0.6) is 0 Å². The number of rotatable bonds is 8. The fourth-order valence-corrected chi connectivity index (χ4v) is 4.15. The maximum Gasteiger partial charge on any atom is 0.307 e. The van der Waals surface area contributed by atoms with Gasteiger partial charge in [0.05, 0.1) is 24.4 Å². The standard InChI is InChI=1S/C26H32N2O3/c1-5-19(6-2)25-26(30)28(16-15-23(29)31-7-3)22-14-13-18(4)17-21(22)24(27-25)20-11-9-8-10-12-20/h8-14,17,19,25H,5-7,15-16H2,1-4H3. The number of anilines is 1. The number of carbonyl (C=O) groups excluding carboxylic acids is 2. The third-order valence-corrected chi connectivity index (χ3v) is 5.87. The number of esters is 1. The topological polar surface area (TPSA) is 59.0 Å². The van der Waals surface area contributed by atoms with Gasteiger partial charge in [0.1, 0.15) is 6.04 Å². The van der Waals surface area contributed by atoms with Gasteiger partial charge in [0.25, 0.3) is 5.91 Å². The second kappa shape index (κ2) is 10.4. The quantitative estimate of drug-likeness (QED) is 0.569. The molecule has 5 heteroatoms. The van der Waals surface area contributed by atoms with Crippen molar-refractivity contribution in [3.63, 3.8) is 0 Å². The fraction of sp³-hybridized carbons (Fsp3) is 0.423. The van der Waals surface area contributed by atoms with Crippen molar-refractivity contribution in [1.29, 1.82) is 0 Å². The molecule has 0 N–H and O–H groups in total. The number of hydrogen-bond acceptors (Lipinski definition) is 4. The fourth-order valence-electron chi connectivity index (χ4n) is 4.15. The van der Waals surface area contributed by atoms with Crippen LogP contribution in [0.4, 0.5) is 5.69 Å². The molecule has 0 aliphatic carbocycles. The molecule has 0 saturated heterocycles. The molecule has 1 aliphatic heterocycles. The van der Waals surface area contributed by atoms with Crippen molar-refractivity contribution in [3.8, 4) is 0 Å². The molecule has 1 aliphatic rings. The van der Waals surface area contributed by atoms with E-state index in [1.807, 2.05) is 49.4 Å². The zero-order valence-corrected chi connectivity index (χ0v) is 18.9. The van der Waals surface area contributed by atoms with Gasteiger partial charge in [0.2, 0.25) is 0 Å². The lowest BCUT2D eigenvalue weighted by Gasteiger charge is -2.28. The number of benzodiazepines with no additional fused rings is 1. The van der Waals surface area contributed by atoms with E-state index < -0.39 is 6.04 Å². The molecule has 0 radical (unpaired) electrons. The summed E-state index contributed by atoms with van der Waals surface area (Å²) in [6, 6.07) is 15.6. The summed E-state index contributed by atoms with van der Waals surface area (Å²) in [5.74, 6) is -0.211. The number of benzene rings is 2. The predicted octanol–water partition coefficient (Wildman–Crippen LogP) is 4.94. The first-order chi connectivity index (χ1) is 15.0. The number of aliphatic imine (C=N–C) groups is 1. The van der Waals surface area contributed by atoms with E-state index in [4.69, 9.17) is 9.73 Å². The van der Waals surface area contributed by atoms with E-state index in [-0.39, 0.29) is 30.8 Å². The van der Waals surface area contributed by atoms with Gasteiger partial charge < -0.3 is 9.64 Å². The SMILES string of the molecule is CCOC(=O)CCN1C(=O)C(C(CC)CC)N=C(c2ccccc2)c2cc(C)ccc21. The van der Waals surface area contributed by atoms with E-state index in [2.05, 4.69) is 19.9 Å². The number of nitrogens with zero attached hydrogens (tertiary/aromatic N) is 2.